The van der Waals surface area contributed by atoms with Gasteiger partial charge in [-0.3, -0.25) is 0 Å². The molecule has 18 heavy (non-hydrogen) atoms. The third-order valence-corrected chi connectivity index (χ3v) is 5.93. The fourth-order valence-corrected chi connectivity index (χ4v) is 4.70. The van der Waals surface area contributed by atoms with Crippen molar-refractivity contribution in [2.45, 2.75) is 23.6 Å². The molecule has 1 aromatic rings. The van der Waals surface area contributed by atoms with Gasteiger partial charge < -0.3 is 10.5 Å². The molecule has 0 saturated heterocycles. The zero-order chi connectivity index (χ0) is 13.4. The van der Waals surface area contributed by atoms with Crippen LogP contribution >= 0.6 is 0 Å². The van der Waals surface area contributed by atoms with Gasteiger partial charge in [0, 0.05) is 18.8 Å². The molecule has 2 rings (SSSR count). The van der Waals surface area contributed by atoms with Gasteiger partial charge in [-0.25, -0.2) is 8.42 Å². The zero-order valence-corrected chi connectivity index (χ0v) is 11.5. The van der Waals surface area contributed by atoms with Crippen molar-refractivity contribution in [2.75, 3.05) is 19.5 Å². The highest BCUT2D eigenvalue weighted by Gasteiger charge is 2.68. The van der Waals surface area contributed by atoms with Gasteiger partial charge in [0.25, 0.3) is 0 Å². The molecular weight excluding hydrogens is 250 g/mol. The lowest BCUT2D eigenvalue weighted by molar-refractivity contribution is 0.171. The molecule has 3 atom stereocenters. The second-order valence-electron chi connectivity index (χ2n) is 4.81. The first kappa shape index (κ1) is 13.5. The third kappa shape index (κ3) is 2.06. The maximum absolute atomic E-state index is 12.1. The van der Waals surface area contributed by atoms with Crippen molar-refractivity contribution < 1.29 is 13.2 Å². The van der Waals surface area contributed by atoms with Crippen LogP contribution in [0, 0.1) is 0 Å². The second-order valence-corrected chi connectivity index (χ2v) is 7.22. The van der Waals surface area contributed by atoms with Crippen molar-refractivity contribution in [3.8, 4) is 0 Å². The van der Waals surface area contributed by atoms with Crippen LogP contribution in [-0.4, -0.2) is 38.7 Å². The van der Waals surface area contributed by atoms with Crippen LogP contribution in [0.3, 0.4) is 0 Å². The summed E-state index contributed by atoms with van der Waals surface area (Å²) in [6, 6.07) is 9.55. The molecule has 4 nitrogen and oxygen atoms in total. The van der Waals surface area contributed by atoms with Crippen molar-refractivity contribution >= 4 is 9.84 Å². The van der Waals surface area contributed by atoms with Crippen LogP contribution in [0.25, 0.3) is 0 Å². The molecule has 1 aromatic carbocycles. The van der Waals surface area contributed by atoms with E-state index in [0.29, 0.717) is 0 Å². The molecule has 1 saturated carbocycles. The van der Waals surface area contributed by atoms with Gasteiger partial charge in [-0.1, -0.05) is 37.3 Å². The Kier molecular flexibility index (Phi) is 3.49. The van der Waals surface area contributed by atoms with Crippen molar-refractivity contribution in [3.05, 3.63) is 35.9 Å². The van der Waals surface area contributed by atoms with Gasteiger partial charge in [-0.05, 0) is 5.56 Å². The van der Waals surface area contributed by atoms with Crippen LogP contribution in [0.5, 0.6) is 0 Å². The summed E-state index contributed by atoms with van der Waals surface area (Å²) in [7, 11) is -1.61. The molecule has 0 heterocycles. The number of nitrogens with two attached hydrogens (primary N) is 1. The lowest BCUT2D eigenvalue weighted by atomic mass is 10.1. The molecule has 0 spiro atoms. The average molecular weight is 269 g/mol. The molecule has 0 unspecified atom stereocenters. The van der Waals surface area contributed by atoms with Crippen molar-refractivity contribution in [1.82, 2.24) is 0 Å². The summed E-state index contributed by atoms with van der Waals surface area (Å²) >= 11 is 0. The molecule has 2 N–H and O–H groups in total. The Balaban J connectivity index is 2.36. The predicted octanol–water partition coefficient (Wildman–Crippen LogP) is 0.931. The van der Waals surface area contributed by atoms with Crippen molar-refractivity contribution in [3.63, 3.8) is 0 Å². The standard InChI is InChI=1S/C13H19NO3S/c1-3-18(15,16)12-11(13(12,14)9-17-2)10-7-5-4-6-8-10/h4-8,11-12H,3,9,14H2,1-2H3/t11-,12-,13-/m1/s1. The van der Waals surface area contributed by atoms with Gasteiger partial charge in [-0.15, -0.1) is 0 Å². The van der Waals surface area contributed by atoms with E-state index in [2.05, 4.69) is 0 Å². The maximum atomic E-state index is 12.1. The number of benzene rings is 1. The minimum Gasteiger partial charge on any atom is -0.383 e. The van der Waals surface area contributed by atoms with E-state index in [-0.39, 0.29) is 18.3 Å². The molecular formula is C13H19NO3S. The van der Waals surface area contributed by atoms with Crippen molar-refractivity contribution in [2.24, 2.45) is 5.73 Å². The van der Waals surface area contributed by atoms with Gasteiger partial charge in [0.2, 0.25) is 0 Å². The molecule has 0 radical (unpaired) electrons. The quantitative estimate of drug-likeness (QED) is 0.863. The monoisotopic (exact) mass is 269 g/mol. The van der Waals surface area contributed by atoms with E-state index >= 15 is 0 Å². The van der Waals surface area contributed by atoms with Gasteiger partial charge in [0.05, 0.1) is 17.4 Å². The summed E-state index contributed by atoms with van der Waals surface area (Å²) in [6.07, 6.45) is 0. The SMILES string of the molecule is CCS(=O)(=O)[C@@H]1[C@@H](c2ccccc2)[C@]1(N)COC. The number of rotatable bonds is 5. The summed E-state index contributed by atoms with van der Waals surface area (Å²) < 4.78 is 29.3. The Morgan fingerprint density at radius 3 is 2.44 bits per heavy atom. The minimum absolute atomic E-state index is 0.115. The van der Waals surface area contributed by atoms with Crippen LogP contribution in [0.15, 0.2) is 30.3 Å². The molecule has 1 aliphatic carbocycles. The highest BCUT2D eigenvalue weighted by Crippen LogP contribution is 2.54. The fraction of sp³-hybridized carbons (Fsp3) is 0.538. The smallest absolute Gasteiger partial charge is 0.155 e. The maximum Gasteiger partial charge on any atom is 0.155 e. The molecule has 0 bridgehead atoms. The van der Waals surface area contributed by atoms with Gasteiger partial charge in [0.15, 0.2) is 9.84 Å². The second kappa shape index (κ2) is 4.64. The van der Waals surface area contributed by atoms with E-state index in [1.807, 2.05) is 30.3 Å². The summed E-state index contributed by atoms with van der Waals surface area (Å²) in [5.41, 5.74) is 6.42. The Bertz CT molecular complexity index is 514. The summed E-state index contributed by atoms with van der Waals surface area (Å²) in [5.74, 6) is -0.0486. The van der Waals surface area contributed by atoms with Crippen LogP contribution in [0.2, 0.25) is 0 Å². The highest BCUT2D eigenvalue weighted by molar-refractivity contribution is 7.92. The van der Waals surface area contributed by atoms with Crippen LogP contribution in [-0.2, 0) is 14.6 Å². The lowest BCUT2D eigenvalue weighted by Gasteiger charge is -2.10. The average Bonchev–Trinajstić information content (AvgIpc) is 2.98. The molecule has 100 valence electrons. The molecule has 0 amide bonds. The third-order valence-electron chi connectivity index (χ3n) is 3.64. The Labute approximate surface area is 108 Å². The molecule has 0 aromatic heterocycles. The van der Waals surface area contributed by atoms with E-state index in [1.54, 1.807) is 14.0 Å². The van der Waals surface area contributed by atoms with E-state index in [9.17, 15) is 8.42 Å². The van der Waals surface area contributed by atoms with Crippen LogP contribution < -0.4 is 5.73 Å². The van der Waals surface area contributed by atoms with Gasteiger partial charge in [0.1, 0.15) is 0 Å². The summed E-state index contributed by atoms with van der Waals surface area (Å²) in [6.45, 7) is 1.92. The number of methoxy groups -OCH3 is 1. The molecule has 1 fully saturated rings. The summed E-state index contributed by atoms with van der Waals surface area (Å²) in [5, 5.41) is -0.530. The molecule has 0 aliphatic heterocycles. The predicted molar refractivity (Wildman–Crippen MR) is 71.2 cm³/mol. The minimum atomic E-state index is -3.16. The Morgan fingerprint density at radius 2 is 1.94 bits per heavy atom. The Hall–Kier alpha value is -0.910. The van der Waals surface area contributed by atoms with Gasteiger partial charge in [-0.2, -0.15) is 0 Å². The topological polar surface area (TPSA) is 69.4 Å². The number of ether oxygens (including phenoxy) is 1. The largest absolute Gasteiger partial charge is 0.383 e. The normalized spacial score (nSPS) is 31.3. The number of hydrogen-bond acceptors (Lipinski definition) is 4. The van der Waals surface area contributed by atoms with Gasteiger partial charge >= 0.3 is 0 Å². The van der Waals surface area contributed by atoms with E-state index in [4.69, 9.17) is 10.5 Å². The van der Waals surface area contributed by atoms with E-state index in [1.165, 1.54) is 0 Å². The van der Waals surface area contributed by atoms with E-state index < -0.39 is 20.6 Å². The van der Waals surface area contributed by atoms with Crippen LogP contribution in [0.1, 0.15) is 18.4 Å². The first-order valence-electron chi connectivity index (χ1n) is 6.01. The molecule has 5 heteroatoms. The fourth-order valence-electron chi connectivity index (χ4n) is 2.71. The number of sulfone groups is 1. The Morgan fingerprint density at radius 1 is 1.33 bits per heavy atom. The molecule has 1 aliphatic rings. The number of hydrogen-bond donors (Lipinski definition) is 1. The first-order chi connectivity index (χ1) is 8.47. The van der Waals surface area contributed by atoms with E-state index in [0.717, 1.165) is 5.56 Å². The highest BCUT2D eigenvalue weighted by atomic mass is 32.2. The van der Waals surface area contributed by atoms with Crippen molar-refractivity contribution in [1.29, 1.82) is 0 Å². The van der Waals surface area contributed by atoms with Crippen LogP contribution in [0.4, 0.5) is 0 Å². The first-order valence-corrected chi connectivity index (χ1v) is 7.73. The zero-order valence-electron chi connectivity index (χ0n) is 10.7. The lowest BCUT2D eigenvalue weighted by Crippen LogP contribution is -2.36. The summed E-state index contributed by atoms with van der Waals surface area (Å²) in [4.78, 5) is 0.